The molecule has 0 spiro atoms. The molecular formula is C16H22O4. The van der Waals surface area contributed by atoms with Crippen LogP contribution < -0.4 is 9.47 Å². The number of rotatable bonds is 8. The fourth-order valence-corrected chi connectivity index (χ4v) is 1.59. The van der Waals surface area contributed by atoms with Crippen molar-refractivity contribution in [3.05, 3.63) is 36.4 Å². The van der Waals surface area contributed by atoms with Gasteiger partial charge >= 0.3 is 5.97 Å². The van der Waals surface area contributed by atoms with Crippen LogP contribution in [0.5, 0.6) is 11.5 Å². The highest BCUT2D eigenvalue weighted by Crippen LogP contribution is 2.27. The van der Waals surface area contributed by atoms with Gasteiger partial charge in [-0.3, -0.25) is 4.79 Å². The first kappa shape index (κ1) is 16.1. The van der Waals surface area contributed by atoms with Gasteiger partial charge in [-0.2, -0.15) is 0 Å². The largest absolute Gasteiger partial charge is 0.494 e. The van der Waals surface area contributed by atoms with Gasteiger partial charge in [-0.1, -0.05) is 6.08 Å². The predicted octanol–water partition coefficient (Wildman–Crippen LogP) is 3.30. The molecule has 0 bridgehead atoms. The van der Waals surface area contributed by atoms with E-state index in [4.69, 9.17) is 14.6 Å². The summed E-state index contributed by atoms with van der Waals surface area (Å²) in [5, 5.41) is 9.09. The van der Waals surface area contributed by atoms with E-state index in [-0.39, 0.29) is 6.61 Å². The van der Waals surface area contributed by atoms with Crippen molar-refractivity contribution in [2.24, 2.45) is 5.41 Å². The maximum Gasteiger partial charge on any atom is 0.312 e. The lowest BCUT2D eigenvalue weighted by Gasteiger charge is -2.21. The minimum atomic E-state index is -0.927. The molecule has 0 atom stereocenters. The maximum absolute atomic E-state index is 11.1. The first-order valence-electron chi connectivity index (χ1n) is 6.63. The van der Waals surface area contributed by atoms with Crippen LogP contribution in [-0.4, -0.2) is 24.3 Å². The zero-order chi connectivity index (χ0) is 15.2. The van der Waals surface area contributed by atoms with Gasteiger partial charge in [-0.05, 0) is 45.4 Å². The van der Waals surface area contributed by atoms with Crippen LogP contribution in [0.2, 0.25) is 0 Å². The quantitative estimate of drug-likeness (QED) is 0.741. The van der Waals surface area contributed by atoms with Crippen molar-refractivity contribution in [3.63, 3.8) is 0 Å². The molecule has 1 rings (SSSR count). The molecule has 1 aromatic carbocycles. The number of carboxylic acid groups (broad SMARTS) is 1. The van der Waals surface area contributed by atoms with Crippen LogP contribution in [0.3, 0.4) is 0 Å². The molecule has 20 heavy (non-hydrogen) atoms. The fourth-order valence-electron chi connectivity index (χ4n) is 1.59. The number of carboxylic acids is 1. The van der Waals surface area contributed by atoms with Crippen LogP contribution in [0.1, 0.15) is 26.3 Å². The van der Waals surface area contributed by atoms with E-state index in [0.717, 1.165) is 11.3 Å². The zero-order valence-corrected chi connectivity index (χ0v) is 12.3. The molecule has 0 radical (unpaired) electrons. The molecule has 1 aromatic rings. The van der Waals surface area contributed by atoms with Crippen LogP contribution in [-0.2, 0) is 11.2 Å². The summed E-state index contributed by atoms with van der Waals surface area (Å²) in [7, 11) is 0. The van der Waals surface area contributed by atoms with Gasteiger partial charge in [0.05, 0.1) is 12.0 Å². The number of aliphatic carboxylic acids is 1. The third-order valence-corrected chi connectivity index (χ3v) is 2.87. The second kappa shape index (κ2) is 6.98. The van der Waals surface area contributed by atoms with E-state index >= 15 is 0 Å². The van der Waals surface area contributed by atoms with Crippen molar-refractivity contribution in [3.8, 4) is 11.5 Å². The van der Waals surface area contributed by atoms with Crippen molar-refractivity contribution < 1.29 is 19.4 Å². The van der Waals surface area contributed by atoms with E-state index in [0.29, 0.717) is 18.8 Å². The van der Waals surface area contributed by atoms with Gasteiger partial charge in [0.2, 0.25) is 0 Å². The average molecular weight is 278 g/mol. The Labute approximate surface area is 120 Å². The van der Waals surface area contributed by atoms with Gasteiger partial charge in [-0.25, -0.2) is 0 Å². The molecule has 0 saturated heterocycles. The third kappa shape index (κ3) is 4.30. The Balaban J connectivity index is 2.88. The van der Waals surface area contributed by atoms with Crippen molar-refractivity contribution >= 4 is 5.97 Å². The first-order valence-corrected chi connectivity index (χ1v) is 6.63. The molecule has 0 aliphatic carbocycles. The number of allylic oxidation sites excluding steroid dienone is 1. The van der Waals surface area contributed by atoms with Crippen molar-refractivity contribution in [1.29, 1.82) is 0 Å². The number of hydrogen-bond acceptors (Lipinski definition) is 3. The third-order valence-electron chi connectivity index (χ3n) is 2.87. The molecule has 0 aliphatic rings. The summed E-state index contributed by atoms with van der Waals surface area (Å²) in [6.45, 7) is 9.62. The lowest BCUT2D eigenvalue weighted by Crippen LogP contribution is -2.30. The topological polar surface area (TPSA) is 55.8 Å². The van der Waals surface area contributed by atoms with E-state index in [1.807, 2.05) is 25.1 Å². The van der Waals surface area contributed by atoms with Crippen LogP contribution in [0.4, 0.5) is 0 Å². The Kier molecular flexibility index (Phi) is 5.62. The van der Waals surface area contributed by atoms with Gasteiger partial charge in [-0.15, -0.1) is 6.58 Å². The highest BCUT2D eigenvalue weighted by atomic mass is 16.5. The van der Waals surface area contributed by atoms with E-state index in [9.17, 15) is 4.79 Å². The fraction of sp³-hybridized carbons (Fsp3) is 0.438. The van der Waals surface area contributed by atoms with E-state index in [2.05, 4.69) is 6.58 Å². The summed E-state index contributed by atoms with van der Waals surface area (Å²) in [4.78, 5) is 11.1. The highest BCUT2D eigenvalue weighted by Gasteiger charge is 2.28. The van der Waals surface area contributed by atoms with Gasteiger partial charge in [0, 0.05) is 5.56 Å². The smallest absolute Gasteiger partial charge is 0.312 e. The molecule has 4 heteroatoms. The molecule has 0 aromatic heterocycles. The Morgan fingerprint density at radius 1 is 1.40 bits per heavy atom. The molecule has 0 heterocycles. The summed E-state index contributed by atoms with van der Waals surface area (Å²) in [5.74, 6) is 0.561. The highest BCUT2D eigenvalue weighted by molar-refractivity contribution is 5.73. The second-order valence-corrected chi connectivity index (χ2v) is 5.17. The van der Waals surface area contributed by atoms with Crippen LogP contribution in [0.25, 0.3) is 0 Å². The van der Waals surface area contributed by atoms with Gasteiger partial charge in [0.25, 0.3) is 0 Å². The monoisotopic (exact) mass is 278 g/mol. The lowest BCUT2D eigenvalue weighted by atomic mass is 9.95. The maximum atomic E-state index is 11.1. The average Bonchev–Trinajstić information content (AvgIpc) is 2.38. The van der Waals surface area contributed by atoms with Crippen LogP contribution in [0, 0.1) is 5.41 Å². The van der Waals surface area contributed by atoms with Crippen molar-refractivity contribution in [2.45, 2.75) is 27.2 Å². The molecule has 4 nitrogen and oxygen atoms in total. The van der Waals surface area contributed by atoms with Gasteiger partial charge in [0.1, 0.15) is 18.1 Å². The minimum absolute atomic E-state index is 0.112. The molecule has 0 unspecified atom stereocenters. The molecular weight excluding hydrogens is 256 g/mol. The molecule has 0 aliphatic heterocycles. The lowest BCUT2D eigenvalue weighted by molar-refractivity contribution is -0.148. The normalized spacial score (nSPS) is 10.9. The zero-order valence-electron chi connectivity index (χ0n) is 12.3. The van der Waals surface area contributed by atoms with Crippen molar-refractivity contribution in [2.75, 3.05) is 13.2 Å². The van der Waals surface area contributed by atoms with E-state index in [1.54, 1.807) is 19.9 Å². The van der Waals surface area contributed by atoms with E-state index in [1.165, 1.54) is 0 Å². The van der Waals surface area contributed by atoms with Crippen molar-refractivity contribution in [1.82, 2.24) is 0 Å². The predicted molar refractivity (Wildman–Crippen MR) is 78.4 cm³/mol. The second-order valence-electron chi connectivity index (χ2n) is 5.17. The SMILES string of the molecule is C=CCc1cc(OCC)ccc1OCC(C)(C)C(=O)O. The summed E-state index contributed by atoms with van der Waals surface area (Å²) in [6, 6.07) is 5.52. The standard InChI is InChI=1S/C16H22O4/c1-5-7-12-10-13(19-6-2)8-9-14(12)20-11-16(3,4)15(17)18/h5,8-10H,1,6-7,11H2,2-4H3,(H,17,18). The van der Waals surface area contributed by atoms with E-state index < -0.39 is 11.4 Å². The molecule has 110 valence electrons. The first-order chi connectivity index (χ1) is 9.40. The Morgan fingerprint density at radius 2 is 2.10 bits per heavy atom. The summed E-state index contributed by atoms with van der Waals surface area (Å²) >= 11 is 0. The number of benzene rings is 1. The van der Waals surface area contributed by atoms with Crippen LogP contribution >= 0.6 is 0 Å². The summed E-state index contributed by atoms with van der Waals surface area (Å²) in [5.41, 5.74) is 0.0106. The molecule has 1 N–H and O–H groups in total. The summed E-state index contributed by atoms with van der Waals surface area (Å²) < 4.78 is 11.1. The Hall–Kier alpha value is -1.97. The summed E-state index contributed by atoms with van der Waals surface area (Å²) in [6.07, 6.45) is 2.42. The Bertz CT molecular complexity index is 477. The molecule has 0 amide bonds. The van der Waals surface area contributed by atoms with Crippen LogP contribution in [0.15, 0.2) is 30.9 Å². The molecule has 0 fully saturated rings. The number of ether oxygens (including phenoxy) is 2. The number of carbonyl (C=O) groups is 1. The Morgan fingerprint density at radius 3 is 2.65 bits per heavy atom. The van der Waals surface area contributed by atoms with Gasteiger partial charge in [0.15, 0.2) is 0 Å². The molecule has 0 saturated carbocycles. The number of hydrogen-bond donors (Lipinski definition) is 1. The van der Waals surface area contributed by atoms with Gasteiger partial charge < -0.3 is 14.6 Å². The minimum Gasteiger partial charge on any atom is -0.494 e.